The molecule has 0 unspecified atom stereocenters. The van der Waals surface area contributed by atoms with Gasteiger partial charge in [0.15, 0.2) is 18.1 Å². The van der Waals surface area contributed by atoms with E-state index in [0.29, 0.717) is 23.0 Å². The average Bonchev–Trinajstić information content (AvgIpc) is 3.41. The number of carbonyl (C=O) groups is 3. The molecule has 0 aliphatic carbocycles. The number of hydrogen-bond donors (Lipinski definition) is 2. The first kappa shape index (κ1) is 25.7. The lowest BCUT2D eigenvalue weighted by atomic mass is 10.0. The summed E-state index contributed by atoms with van der Waals surface area (Å²) in [6.07, 6.45) is 3.43. The van der Waals surface area contributed by atoms with Crippen molar-refractivity contribution < 1.29 is 23.9 Å². The third-order valence-corrected chi connectivity index (χ3v) is 5.68. The van der Waals surface area contributed by atoms with E-state index < -0.39 is 11.8 Å². The number of nitrogens with one attached hydrogen (secondary N) is 2. The molecule has 1 aliphatic heterocycles. The molecule has 1 fully saturated rings. The van der Waals surface area contributed by atoms with Crippen LogP contribution in [0.3, 0.4) is 0 Å². The monoisotopic (exact) mass is 480 g/mol. The smallest absolute Gasteiger partial charge is 0.329 e. The highest BCUT2D eigenvalue weighted by atomic mass is 16.5. The molecular weight excluding hydrogens is 448 g/mol. The molecule has 186 valence electrons. The van der Waals surface area contributed by atoms with Crippen LogP contribution in [-0.4, -0.2) is 55.6 Å². The van der Waals surface area contributed by atoms with Gasteiger partial charge in [-0.1, -0.05) is 38.1 Å². The van der Waals surface area contributed by atoms with Gasteiger partial charge in [0.05, 0.1) is 13.3 Å². The van der Waals surface area contributed by atoms with Crippen LogP contribution >= 0.6 is 0 Å². The van der Waals surface area contributed by atoms with Crippen molar-refractivity contribution >= 4 is 23.9 Å². The normalized spacial score (nSPS) is 13.2. The molecule has 0 spiro atoms. The van der Waals surface area contributed by atoms with E-state index in [9.17, 15) is 14.4 Å². The van der Waals surface area contributed by atoms with E-state index in [2.05, 4.69) is 29.7 Å². The minimum Gasteiger partial charge on any atom is -0.493 e. The highest BCUT2D eigenvalue weighted by Gasteiger charge is 2.19. The van der Waals surface area contributed by atoms with Crippen molar-refractivity contribution in [3.8, 4) is 11.5 Å². The fraction of sp³-hybridized carbons (Fsp3) is 0.385. The maximum atomic E-state index is 12.2. The zero-order chi connectivity index (χ0) is 25.2. The average molecular weight is 481 g/mol. The molecule has 2 N–H and O–H groups in total. The Balaban J connectivity index is 1.47. The summed E-state index contributed by atoms with van der Waals surface area (Å²) in [6, 6.07) is 12.9. The third-order valence-electron chi connectivity index (χ3n) is 5.68. The van der Waals surface area contributed by atoms with Crippen LogP contribution in [0.15, 0.2) is 47.6 Å². The maximum absolute atomic E-state index is 12.2. The lowest BCUT2D eigenvalue weighted by Gasteiger charge is -2.16. The SMILES string of the molecule is COc1cc(/C=N\NC(=O)C(=O)NCc2ccc(C(C)C)cc2)ccc1OCC(=O)N1CCCC1. The van der Waals surface area contributed by atoms with Crippen molar-refractivity contribution in [1.82, 2.24) is 15.6 Å². The van der Waals surface area contributed by atoms with Crippen LogP contribution < -0.4 is 20.2 Å². The molecule has 1 aliphatic rings. The molecule has 0 bridgehead atoms. The zero-order valence-corrected chi connectivity index (χ0v) is 20.4. The Morgan fingerprint density at radius 3 is 2.40 bits per heavy atom. The summed E-state index contributed by atoms with van der Waals surface area (Å²) in [5.41, 5.74) is 4.93. The van der Waals surface area contributed by atoms with Gasteiger partial charge in [-0.3, -0.25) is 14.4 Å². The number of hydrazone groups is 1. The van der Waals surface area contributed by atoms with Crippen LogP contribution in [0.5, 0.6) is 11.5 Å². The number of nitrogens with zero attached hydrogens (tertiary/aromatic N) is 2. The molecule has 2 aromatic rings. The molecule has 0 atom stereocenters. The van der Waals surface area contributed by atoms with Gasteiger partial charge >= 0.3 is 11.8 Å². The first-order valence-electron chi connectivity index (χ1n) is 11.7. The van der Waals surface area contributed by atoms with E-state index in [4.69, 9.17) is 9.47 Å². The molecular formula is C26H32N4O5. The topological polar surface area (TPSA) is 109 Å². The van der Waals surface area contributed by atoms with Gasteiger partial charge in [-0.2, -0.15) is 5.10 Å². The highest BCUT2D eigenvalue weighted by Crippen LogP contribution is 2.27. The Bertz CT molecular complexity index is 1060. The summed E-state index contributed by atoms with van der Waals surface area (Å²) in [4.78, 5) is 38.0. The van der Waals surface area contributed by atoms with Crippen LogP contribution in [0.4, 0.5) is 0 Å². The molecule has 0 aromatic heterocycles. The summed E-state index contributed by atoms with van der Waals surface area (Å²) in [5, 5.41) is 6.41. The Morgan fingerprint density at radius 1 is 1.03 bits per heavy atom. The lowest BCUT2D eigenvalue weighted by molar-refractivity contribution is -0.139. The molecule has 3 amide bonds. The highest BCUT2D eigenvalue weighted by molar-refractivity contribution is 6.35. The van der Waals surface area contributed by atoms with Crippen LogP contribution in [0.25, 0.3) is 0 Å². The molecule has 0 saturated carbocycles. The first-order valence-corrected chi connectivity index (χ1v) is 11.7. The fourth-order valence-electron chi connectivity index (χ4n) is 3.58. The van der Waals surface area contributed by atoms with Crippen molar-refractivity contribution in [2.75, 3.05) is 26.8 Å². The second kappa shape index (κ2) is 12.5. The van der Waals surface area contributed by atoms with E-state index in [1.165, 1.54) is 18.9 Å². The molecule has 0 radical (unpaired) electrons. The van der Waals surface area contributed by atoms with E-state index in [-0.39, 0.29) is 19.1 Å². The number of hydrogen-bond acceptors (Lipinski definition) is 6. The van der Waals surface area contributed by atoms with Gasteiger partial charge in [0.1, 0.15) is 0 Å². The molecule has 1 saturated heterocycles. The Morgan fingerprint density at radius 2 is 1.74 bits per heavy atom. The van der Waals surface area contributed by atoms with Crippen LogP contribution in [0.1, 0.15) is 49.3 Å². The number of rotatable bonds is 9. The van der Waals surface area contributed by atoms with E-state index in [1.54, 1.807) is 23.1 Å². The van der Waals surface area contributed by atoms with Crippen molar-refractivity contribution in [3.63, 3.8) is 0 Å². The Kier molecular flexibility index (Phi) is 9.23. The molecule has 1 heterocycles. The minimum atomic E-state index is -0.868. The molecule has 3 rings (SSSR count). The standard InChI is InChI=1S/C26H32N4O5/c1-18(2)21-9-6-19(7-10-21)15-27-25(32)26(33)29-28-16-20-8-11-22(23(14-20)34-3)35-17-24(31)30-12-4-5-13-30/h6-11,14,16,18H,4-5,12-13,15,17H2,1-3H3,(H,27,32)(H,29,33)/b28-16-. The van der Waals surface area contributed by atoms with Gasteiger partial charge in [-0.05, 0) is 53.6 Å². The van der Waals surface area contributed by atoms with Crippen LogP contribution in [0, 0.1) is 0 Å². The number of ether oxygens (including phenoxy) is 2. The van der Waals surface area contributed by atoms with E-state index >= 15 is 0 Å². The third kappa shape index (κ3) is 7.56. The number of methoxy groups -OCH3 is 1. The Labute approximate surface area is 205 Å². The lowest BCUT2D eigenvalue weighted by Crippen LogP contribution is -2.37. The fourth-order valence-corrected chi connectivity index (χ4v) is 3.58. The van der Waals surface area contributed by atoms with Crippen LogP contribution in [0.2, 0.25) is 0 Å². The molecule has 9 heteroatoms. The van der Waals surface area contributed by atoms with Gasteiger partial charge in [0.25, 0.3) is 5.91 Å². The predicted octanol–water partition coefficient (Wildman–Crippen LogP) is 2.59. The predicted molar refractivity (Wildman–Crippen MR) is 132 cm³/mol. The van der Waals surface area contributed by atoms with Crippen molar-refractivity contribution in [2.24, 2.45) is 5.10 Å². The van der Waals surface area contributed by atoms with Gasteiger partial charge in [-0.25, -0.2) is 5.43 Å². The van der Waals surface area contributed by atoms with Crippen molar-refractivity contribution in [2.45, 2.75) is 39.2 Å². The molecule has 9 nitrogen and oxygen atoms in total. The summed E-state index contributed by atoms with van der Waals surface area (Å²) in [7, 11) is 1.49. The summed E-state index contributed by atoms with van der Waals surface area (Å²) in [5.74, 6) is -0.414. The molecule has 2 aromatic carbocycles. The quantitative estimate of drug-likeness (QED) is 0.326. The van der Waals surface area contributed by atoms with Gasteiger partial charge < -0.3 is 19.7 Å². The van der Waals surface area contributed by atoms with Gasteiger partial charge in [-0.15, -0.1) is 0 Å². The second-order valence-corrected chi connectivity index (χ2v) is 8.56. The zero-order valence-electron chi connectivity index (χ0n) is 20.4. The summed E-state index contributed by atoms with van der Waals surface area (Å²) >= 11 is 0. The van der Waals surface area contributed by atoms with Gasteiger partial charge in [0.2, 0.25) is 0 Å². The molecule has 35 heavy (non-hydrogen) atoms. The number of benzene rings is 2. The van der Waals surface area contributed by atoms with E-state index in [1.807, 2.05) is 24.3 Å². The second-order valence-electron chi connectivity index (χ2n) is 8.56. The maximum Gasteiger partial charge on any atom is 0.329 e. The summed E-state index contributed by atoms with van der Waals surface area (Å²) < 4.78 is 11.0. The van der Waals surface area contributed by atoms with Gasteiger partial charge in [0, 0.05) is 19.6 Å². The number of carbonyl (C=O) groups excluding carboxylic acids is 3. The van der Waals surface area contributed by atoms with Crippen molar-refractivity contribution in [3.05, 3.63) is 59.2 Å². The van der Waals surface area contributed by atoms with Crippen LogP contribution in [-0.2, 0) is 20.9 Å². The largest absolute Gasteiger partial charge is 0.493 e. The van der Waals surface area contributed by atoms with Crippen molar-refractivity contribution in [1.29, 1.82) is 0 Å². The minimum absolute atomic E-state index is 0.0521. The first-order chi connectivity index (χ1) is 16.9. The van der Waals surface area contributed by atoms with E-state index in [0.717, 1.165) is 31.5 Å². The number of amides is 3. The number of likely N-dealkylation sites (tertiary alicyclic amines) is 1. The Hall–Kier alpha value is -3.88. The summed E-state index contributed by atoms with van der Waals surface area (Å²) in [6.45, 7) is 5.94.